The first-order chi connectivity index (χ1) is 14.1. The van der Waals surface area contributed by atoms with Crippen molar-refractivity contribution in [3.8, 4) is 11.1 Å². The fraction of sp³-hybridized carbons (Fsp3) is 0.364. The Kier molecular flexibility index (Phi) is 6.01. The molecule has 6 nitrogen and oxygen atoms in total. The number of H-pyrrole nitrogens is 1. The summed E-state index contributed by atoms with van der Waals surface area (Å²) < 4.78 is 26.6. The van der Waals surface area contributed by atoms with Crippen LogP contribution in [0, 0.1) is 0 Å². The number of nitrogens with one attached hydrogen (secondary N) is 2. The van der Waals surface area contributed by atoms with E-state index in [1.807, 2.05) is 6.07 Å². The average Bonchev–Trinajstić information content (AvgIpc) is 3.18. The van der Waals surface area contributed by atoms with Crippen LogP contribution >= 0.6 is 0 Å². The van der Waals surface area contributed by atoms with Gasteiger partial charge in [-0.3, -0.25) is 0 Å². The van der Waals surface area contributed by atoms with Crippen molar-refractivity contribution in [2.75, 3.05) is 32.5 Å². The summed E-state index contributed by atoms with van der Waals surface area (Å²) in [6, 6.07) is 16.9. The van der Waals surface area contributed by atoms with Crippen molar-refractivity contribution in [3.63, 3.8) is 0 Å². The van der Waals surface area contributed by atoms with E-state index in [4.69, 9.17) is 4.84 Å². The highest BCUT2D eigenvalue weighted by Crippen LogP contribution is 2.35. The van der Waals surface area contributed by atoms with Crippen LogP contribution in [0.25, 0.3) is 22.0 Å². The zero-order chi connectivity index (χ0) is 20.3. The number of hydrogen-bond acceptors (Lipinski definition) is 4. The smallest absolute Gasteiger partial charge is 0.215 e. The number of rotatable bonds is 7. The molecule has 0 radical (unpaired) electrons. The molecule has 1 fully saturated rings. The van der Waals surface area contributed by atoms with Crippen LogP contribution in [0.1, 0.15) is 24.3 Å². The fourth-order valence-electron chi connectivity index (χ4n) is 4.14. The van der Waals surface area contributed by atoms with Crippen molar-refractivity contribution in [1.29, 1.82) is 0 Å². The van der Waals surface area contributed by atoms with Crippen LogP contribution in [-0.2, 0) is 14.9 Å². The summed E-state index contributed by atoms with van der Waals surface area (Å²) in [5.74, 6) is 0.414. The number of nitrogens with zero attached hydrogens (tertiary/aromatic N) is 1. The Balaban J connectivity index is 1.50. The lowest BCUT2D eigenvalue weighted by molar-refractivity contribution is 0.0964. The van der Waals surface area contributed by atoms with Gasteiger partial charge in [0.05, 0.1) is 12.9 Å². The molecule has 3 aromatic rings. The van der Waals surface area contributed by atoms with Crippen molar-refractivity contribution in [1.82, 2.24) is 14.8 Å². The largest absolute Gasteiger partial charge is 0.361 e. The van der Waals surface area contributed by atoms with Gasteiger partial charge in [-0.25, -0.2) is 18.2 Å². The third-order valence-corrected chi connectivity index (χ3v) is 7.59. The minimum Gasteiger partial charge on any atom is -0.361 e. The number of sulfonamides is 1. The first-order valence-electron chi connectivity index (χ1n) is 9.98. The van der Waals surface area contributed by atoms with E-state index in [1.165, 1.54) is 29.2 Å². The molecule has 154 valence electrons. The normalized spacial score (nSPS) is 16.4. The Morgan fingerprint density at radius 3 is 2.59 bits per heavy atom. The summed E-state index contributed by atoms with van der Waals surface area (Å²) in [5, 5.41) is 1.23. The van der Waals surface area contributed by atoms with Crippen LogP contribution in [-0.4, -0.2) is 50.2 Å². The summed E-state index contributed by atoms with van der Waals surface area (Å²) in [4.78, 5) is 8.12. The van der Waals surface area contributed by atoms with E-state index in [2.05, 4.69) is 59.1 Å². The molecule has 2 N–H and O–H groups in total. The third-order valence-electron chi connectivity index (χ3n) is 5.71. The highest BCUT2D eigenvalue weighted by atomic mass is 32.2. The minimum atomic E-state index is -3.25. The molecular weight excluding hydrogens is 386 g/mol. The predicted octanol–water partition coefficient (Wildman–Crippen LogP) is 3.50. The van der Waals surface area contributed by atoms with E-state index in [9.17, 15) is 8.42 Å². The first-order valence-corrected chi connectivity index (χ1v) is 11.6. The van der Waals surface area contributed by atoms with Crippen LogP contribution < -0.4 is 5.48 Å². The maximum Gasteiger partial charge on any atom is 0.215 e. The second-order valence-corrected chi connectivity index (χ2v) is 9.55. The molecule has 0 atom stereocenters. The van der Waals surface area contributed by atoms with Crippen molar-refractivity contribution in [2.45, 2.75) is 18.8 Å². The number of aromatic nitrogens is 1. The summed E-state index contributed by atoms with van der Waals surface area (Å²) in [5.41, 5.74) is 7.42. The van der Waals surface area contributed by atoms with Crippen LogP contribution in [0.5, 0.6) is 0 Å². The molecule has 0 amide bonds. The van der Waals surface area contributed by atoms with E-state index in [1.54, 1.807) is 4.31 Å². The maximum absolute atomic E-state index is 12.5. The lowest BCUT2D eigenvalue weighted by atomic mass is 9.89. The van der Waals surface area contributed by atoms with Gasteiger partial charge >= 0.3 is 0 Å². The number of hydrogen-bond donors (Lipinski definition) is 2. The molecule has 2 aromatic carbocycles. The standard InChI is InChI=1S/C22H27N3O3S/c1-28-24-11-14-29(26,27)25-12-9-18(10-13-25)21-16-23-22-8-7-19(15-20(21)22)17-5-3-2-4-6-17/h2-8,15-16,18,23-24H,9-14H2,1H3. The Hall–Kier alpha value is -2.19. The zero-order valence-corrected chi connectivity index (χ0v) is 17.4. The van der Waals surface area contributed by atoms with Crippen molar-refractivity contribution < 1.29 is 13.3 Å². The third kappa shape index (κ3) is 4.38. The summed E-state index contributed by atoms with van der Waals surface area (Å²) in [6.45, 7) is 1.42. The molecule has 1 aromatic heterocycles. The highest BCUT2D eigenvalue weighted by molar-refractivity contribution is 7.89. The molecular formula is C22H27N3O3S. The Labute approximate surface area is 171 Å². The van der Waals surface area contributed by atoms with Gasteiger partial charge in [-0.05, 0) is 47.6 Å². The monoisotopic (exact) mass is 413 g/mol. The lowest BCUT2D eigenvalue weighted by Gasteiger charge is -2.31. The van der Waals surface area contributed by atoms with Gasteiger partial charge in [0, 0.05) is 36.7 Å². The van der Waals surface area contributed by atoms with Gasteiger partial charge in [0.2, 0.25) is 10.0 Å². The van der Waals surface area contributed by atoms with Gasteiger partial charge in [-0.15, -0.1) is 0 Å². The molecule has 2 heterocycles. The number of aromatic amines is 1. The molecule has 1 aliphatic heterocycles. The Morgan fingerprint density at radius 2 is 1.86 bits per heavy atom. The van der Waals surface area contributed by atoms with Crippen LogP contribution in [0.15, 0.2) is 54.7 Å². The van der Waals surface area contributed by atoms with Crippen molar-refractivity contribution in [2.24, 2.45) is 0 Å². The summed E-state index contributed by atoms with van der Waals surface area (Å²) >= 11 is 0. The topological polar surface area (TPSA) is 74.4 Å². The predicted molar refractivity (Wildman–Crippen MR) is 116 cm³/mol. The Morgan fingerprint density at radius 1 is 1.10 bits per heavy atom. The molecule has 0 unspecified atom stereocenters. The SMILES string of the molecule is CONCCS(=O)(=O)N1CCC(c2c[nH]c3ccc(-c4ccccc4)cc23)CC1. The quantitative estimate of drug-likeness (QED) is 0.459. The number of hydroxylamine groups is 1. The van der Waals surface area contributed by atoms with Gasteiger partial charge in [0.25, 0.3) is 0 Å². The highest BCUT2D eigenvalue weighted by Gasteiger charge is 2.29. The fourth-order valence-corrected chi connectivity index (χ4v) is 5.50. The lowest BCUT2D eigenvalue weighted by Crippen LogP contribution is -2.41. The number of piperidine rings is 1. The minimum absolute atomic E-state index is 0.0546. The van der Waals surface area contributed by atoms with Crippen molar-refractivity contribution >= 4 is 20.9 Å². The van der Waals surface area contributed by atoms with E-state index in [0.717, 1.165) is 18.4 Å². The zero-order valence-electron chi connectivity index (χ0n) is 16.6. The molecule has 0 aliphatic carbocycles. The molecule has 4 rings (SSSR count). The first kappa shape index (κ1) is 20.1. The van der Waals surface area contributed by atoms with Crippen LogP contribution in [0.3, 0.4) is 0 Å². The Bertz CT molecular complexity index is 1060. The number of benzene rings is 2. The van der Waals surface area contributed by atoms with Gasteiger partial charge in [-0.2, -0.15) is 0 Å². The van der Waals surface area contributed by atoms with Gasteiger partial charge in [0.1, 0.15) is 0 Å². The number of fused-ring (bicyclic) bond motifs is 1. The molecule has 0 bridgehead atoms. The second kappa shape index (κ2) is 8.67. The van der Waals surface area contributed by atoms with Crippen LogP contribution in [0.2, 0.25) is 0 Å². The maximum atomic E-state index is 12.5. The second-order valence-electron chi connectivity index (χ2n) is 7.46. The molecule has 1 saturated heterocycles. The van der Waals surface area contributed by atoms with Crippen LogP contribution in [0.4, 0.5) is 0 Å². The summed E-state index contributed by atoms with van der Waals surface area (Å²) in [7, 11) is -1.76. The molecule has 7 heteroatoms. The van der Waals surface area contributed by atoms with E-state index in [-0.39, 0.29) is 5.75 Å². The van der Waals surface area contributed by atoms with Gasteiger partial charge in [0.15, 0.2) is 0 Å². The van der Waals surface area contributed by atoms with E-state index < -0.39 is 10.0 Å². The molecule has 29 heavy (non-hydrogen) atoms. The average molecular weight is 414 g/mol. The van der Waals surface area contributed by atoms with Gasteiger partial charge in [-0.1, -0.05) is 36.4 Å². The molecule has 0 saturated carbocycles. The van der Waals surface area contributed by atoms with E-state index >= 15 is 0 Å². The van der Waals surface area contributed by atoms with Crippen molar-refractivity contribution in [3.05, 3.63) is 60.3 Å². The van der Waals surface area contributed by atoms with E-state index in [0.29, 0.717) is 25.6 Å². The molecule has 1 aliphatic rings. The summed E-state index contributed by atoms with van der Waals surface area (Å²) in [6.07, 6.45) is 3.76. The van der Waals surface area contributed by atoms with Gasteiger partial charge < -0.3 is 9.82 Å². The molecule has 0 spiro atoms.